The average Bonchev–Trinajstić information content (AvgIpc) is 2.77. The Labute approximate surface area is 92.2 Å². The van der Waals surface area contributed by atoms with E-state index in [0.717, 1.165) is 0 Å². The molecule has 0 bridgehead atoms. The summed E-state index contributed by atoms with van der Waals surface area (Å²) in [5, 5.41) is 0. The predicted molar refractivity (Wildman–Crippen MR) is 63.8 cm³/mol. The van der Waals surface area contributed by atoms with E-state index in [0.29, 0.717) is 5.92 Å². The summed E-state index contributed by atoms with van der Waals surface area (Å²) in [6.07, 6.45) is 7.04. The third-order valence-electron chi connectivity index (χ3n) is 3.46. The molecule has 0 unspecified atom stereocenters. The molecule has 0 saturated carbocycles. The Morgan fingerprint density at radius 1 is 1.33 bits per heavy atom. The number of pyridine rings is 1. The molecule has 1 heterocycles. The molecule has 2 rings (SSSR count). The van der Waals surface area contributed by atoms with Crippen LogP contribution in [-0.4, -0.2) is 4.98 Å². The highest BCUT2D eigenvalue weighted by Crippen LogP contribution is 2.37. The standard InChI is InChI=1S/C14H19N/c1-3-12-7-6-8-13(12)11(2)14-9-4-5-10-15-14/h4-5,9-11H,3,6-8H2,1-2H3/t11-/m1/s1. The van der Waals surface area contributed by atoms with Crippen molar-refractivity contribution in [2.45, 2.75) is 45.4 Å². The number of aromatic nitrogens is 1. The molecule has 1 nitrogen and oxygen atoms in total. The zero-order valence-electron chi connectivity index (χ0n) is 9.66. The van der Waals surface area contributed by atoms with Gasteiger partial charge in [0.25, 0.3) is 0 Å². The Hall–Kier alpha value is -1.11. The zero-order chi connectivity index (χ0) is 10.7. The van der Waals surface area contributed by atoms with Crippen LogP contribution in [0.3, 0.4) is 0 Å². The van der Waals surface area contributed by atoms with Crippen molar-refractivity contribution in [3.05, 3.63) is 41.2 Å². The smallest absolute Gasteiger partial charge is 0.0472 e. The van der Waals surface area contributed by atoms with Crippen molar-refractivity contribution in [1.29, 1.82) is 0 Å². The molecular formula is C14H19N. The van der Waals surface area contributed by atoms with Crippen LogP contribution in [-0.2, 0) is 0 Å². The van der Waals surface area contributed by atoms with E-state index in [9.17, 15) is 0 Å². The fourth-order valence-corrected chi connectivity index (χ4v) is 2.57. The van der Waals surface area contributed by atoms with Crippen molar-refractivity contribution in [3.63, 3.8) is 0 Å². The molecule has 0 fully saturated rings. The molecule has 0 radical (unpaired) electrons. The Morgan fingerprint density at radius 2 is 2.20 bits per heavy atom. The second-order valence-corrected chi connectivity index (χ2v) is 4.31. The van der Waals surface area contributed by atoms with Gasteiger partial charge in [0, 0.05) is 17.8 Å². The molecule has 0 aromatic carbocycles. The van der Waals surface area contributed by atoms with Gasteiger partial charge in [0.15, 0.2) is 0 Å². The van der Waals surface area contributed by atoms with Crippen molar-refractivity contribution in [1.82, 2.24) is 4.98 Å². The molecule has 1 atom stereocenters. The zero-order valence-corrected chi connectivity index (χ0v) is 9.66. The van der Waals surface area contributed by atoms with Crippen molar-refractivity contribution in [2.24, 2.45) is 0 Å². The molecular weight excluding hydrogens is 182 g/mol. The minimum absolute atomic E-state index is 0.517. The summed E-state index contributed by atoms with van der Waals surface area (Å²) in [5.41, 5.74) is 4.55. The second kappa shape index (κ2) is 4.61. The lowest BCUT2D eigenvalue weighted by Gasteiger charge is -2.14. The molecule has 1 heteroatoms. The van der Waals surface area contributed by atoms with Gasteiger partial charge in [-0.3, -0.25) is 4.98 Å². The van der Waals surface area contributed by atoms with E-state index in [-0.39, 0.29) is 0 Å². The third-order valence-corrected chi connectivity index (χ3v) is 3.46. The normalized spacial score (nSPS) is 18.3. The molecule has 15 heavy (non-hydrogen) atoms. The van der Waals surface area contributed by atoms with E-state index in [2.05, 4.69) is 31.0 Å². The second-order valence-electron chi connectivity index (χ2n) is 4.31. The van der Waals surface area contributed by atoms with Gasteiger partial charge in [-0.25, -0.2) is 0 Å². The molecule has 1 aliphatic carbocycles. The quantitative estimate of drug-likeness (QED) is 0.672. The Bertz CT molecular complexity index is 351. The first kappa shape index (κ1) is 10.4. The lowest BCUT2D eigenvalue weighted by atomic mass is 9.93. The summed E-state index contributed by atoms with van der Waals surface area (Å²) < 4.78 is 0. The average molecular weight is 201 g/mol. The van der Waals surface area contributed by atoms with Gasteiger partial charge in [0.05, 0.1) is 0 Å². The lowest BCUT2D eigenvalue weighted by molar-refractivity contribution is 0.788. The lowest BCUT2D eigenvalue weighted by Crippen LogP contribution is -2.00. The molecule has 0 N–H and O–H groups in total. The summed E-state index contributed by atoms with van der Waals surface area (Å²) in [4.78, 5) is 4.46. The maximum Gasteiger partial charge on any atom is 0.0472 e. The Balaban J connectivity index is 2.25. The summed E-state index contributed by atoms with van der Waals surface area (Å²) in [7, 11) is 0. The van der Waals surface area contributed by atoms with Crippen LogP contribution in [0.2, 0.25) is 0 Å². The summed E-state index contributed by atoms with van der Waals surface area (Å²) >= 11 is 0. The minimum Gasteiger partial charge on any atom is -0.261 e. The van der Waals surface area contributed by atoms with Crippen molar-refractivity contribution < 1.29 is 0 Å². The van der Waals surface area contributed by atoms with Crippen LogP contribution in [0.4, 0.5) is 0 Å². The van der Waals surface area contributed by atoms with Crippen LogP contribution in [0.5, 0.6) is 0 Å². The first-order valence-electron chi connectivity index (χ1n) is 5.94. The first-order chi connectivity index (χ1) is 7.33. The van der Waals surface area contributed by atoms with Crippen LogP contribution >= 0.6 is 0 Å². The first-order valence-corrected chi connectivity index (χ1v) is 5.94. The molecule has 0 amide bonds. The van der Waals surface area contributed by atoms with Crippen molar-refractivity contribution in [3.8, 4) is 0 Å². The van der Waals surface area contributed by atoms with Crippen LogP contribution in [0.1, 0.15) is 51.1 Å². The number of hydrogen-bond acceptors (Lipinski definition) is 1. The molecule has 0 aliphatic heterocycles. The Kier molecular flexibility index (Phi) is 3.20. The van der Waals surface area contributed by atoms with Crippen LogP contribution in [0.25, 0.3) is 0 Å². The van der Waals surface area contributed by atoms with E-state index in [4.69, 9.17) is 0 Å². The van der Waals surface area contributed by atoms with Crippen LogP contribution in [0.15, 0.2) is 35.5 Å². The summed E-state index contributed by atoms with van der Waals surface area (Å²) in [6.45, 7) is 4.56. The van der Waals surface area contributed by atoms with Gasteiger partial charge in [-0.15, -0.1) is 0 Å². The number of rotatable bonds is 3. The number of nitrogens with zero attached hydrogens (tertiary/aromatic N) is 1. The molecule has 0 spiro atoms. The van der Waals surface area contributed by atoms with E-state index in [1.54, 1.807) is 11.1 Å². The van der Waals surface area contributed by atoms with Gasteiger partial charge in [-0.1, -0.05) is 31.1 Å². The molecule has 1 aromatic heterocycles. The van der Waals surface area contributed by atoms with Gasteiger partial charge in [0.1, 0.15) is 0 Å². The van der Waals surface area contributed by atoms with Crippen molar-refractivity contribution in [2.75, 3.05) is 0 Å². The Morgan fingerprint density at radius 3 is 2.87 bits per heavy atom. The maximum absolute atomic E-state index is 4.46. The fourth-order valence-electron chi connectivity index (χ4n) is 2.57. The van der Waals surface area contributed by atoms with Crippen LogP contribution < -0.4 is 0 Å². The molecule has 80 valence electrons. The topological polar surface area (TPSA) is 12.9 Å². The summed E-state index contributed by atoms with van der Waals surface area (Å²) in [6, 6.07) is 6.21. The maximum atomic E-state index is 4.46. The monoisotopic (exact) mass is 201 g/mol. The molecule has 1 aromatic rings. The minimum atomic E-state index is 0.517. The largest absolute Gasteiger partial charge is 0.261 e. The number of hydrogen-bond donors (Lipinski definition) is 0. The van der Waals surface area contributed by atoms with Gasteiger partial charge < -0.3 is 0 Å². The molecule has 0 saturated heterocycles. The predicted octanol–water partition coefficient (Wildman–Crippen LogP) is 4.08. The highest BCUT2D eigenvalue weighted by Gasteiger charge is 2.20. The van der Waals surface area contributed by atoms with E-state index < -0.39 is 0 Å². The van der Waals surface area contributed by atoms with Gasteiger partial charge in [0.2, 0.25) is 0 Å². The third kappa shape index (κ3) is 2.11. The van der Waals surface area contributed by atoms with Crippen LogP contribution in [0, 0.1) is 0 Å². The van der Waals surface area contributed by atoms with Crippen molar-refractivity contribution >= 4 is 0 Å². The van der Waals surface area contributed by atoms with E-state index >= 15 is 0 Å². The van der Waals surface area contributed by atoms with E-state index in [1.165, 1.54) is 31.4 Å². The van der Waals surface area contributed by atoms with Gasteiger partial charge in [-0.05, 0) is 37.8 Å². The summed E-state index contributed by atoms with van der Waals surface area (Å²) in [5.74, 6) is 0.517. The highest BCUT2D eigenvalue weighted by molar-refractivity contribution is 5.29. The van der Waals surface area contributed by atoms with Gasteiger partial charge >= 0.3 is 0 Å². The fraction of sp³-hybridized carbons (Fsp3) is 0.500. The van der Waals surface area contributed by atoms with Gasteiger partial charge in [-0.2, -0.15) is 0 Å². The highest BCUT2D eigenvalue weighted by atomic mass is 14.7. The van der Waals surface area contributed by atoms with E-state index in [1.807, 2.05) is 12.3 Å². The molecule has 1 aliphatic rings. The SMILES string of the molecule is CCC1=C([C@@H](C)c2ccccn2)CCC1. The number of allylic oxidation sites excluding steroid dienone is 2.